The first-order valence-electron chi connectivity index (χ1n) is 7.51. The Hall–Kier alpha value is -2.41. The van der Waals surface area contributed by atoms with Crippen molar-refractivity contribution in [2.45, 2.75) is 31.2 Å². The number of benzene rings is 2. The van der Waals surface area contributed by atoms with Crippen LogP contribution in [0.25, 0.3) is 0 Å². The number of carbonyl (C=O) groups is 1. The largest absolute Gasteiger partial charge is 0.350 e. The van der Waals surface area contributed by atoms with Gasteiger partial charge in [-0.25, -0.2) is 12.8 Å². The molecular formula is C17H19FN2O3S. The van der Waals surface area contributed by atoms with Crippen LogP contribution in [0, 0.1) is 5.82 Å². The van der Waals surface area contributed by atoms with Crippen molar-refractivity contribution in [3.05, 3.63) is 59.9 Å². The molecule has 24 heavy (non-hydrogen) atoms. The molecule has 1 atom stereocenters. The Balaban J connectivity index is 2.27. The first kappa shape index (κ1) is 17.9. The van der Waals surface area contributed by atoms with Crippen LogP contribution in [0.2, 0.25) is 0 Å². The number of carbonyl (C=O) groups excluding carboxylic acids is 1. The average Bonchev–Trinajstić information content (AvgIpc) is 2.56. The second-order valence-electron chi connectivity index (χ2n) is 5.40. The highest BCUT2D eigenvalue weighted by molar-refractivity contribution is 7.92. The zero-order chi connectivity index (χ0) is 17.7. The van der Waals surface area contributed by atoms with Gasteiger partial charge in [-0.3, -0.25) is 9.52 Å². The second-order valence-corrected chi connectivity index (χ2v) is 7.08. The topological polar surface area (TPSA) is 75.3 Å². The molecule has 2 rings (SSSR count). The van der Waals surface area contributed by atoms with Gasteiger partial charge in [0.15, 0.2) is 0 Å². The van der Waals surface area contributed by atoms with Gasteiger partial charge in [-0.05, 0) is 43.7 Å². The van der Waals surface area contributed by atoms with Gasteiger partial charge in [0.05, 0.1) is 10.6 Å². The smallest absolute Gasteiger partial charge is 0.262 e. The zero-order valence-corrected chi connectivity index (χ0v) is 14.2. The summed E-state index contributed by atoms with van der Waals surface area (Å²) < 4.78 is 40.6. The van der Waals surface area contributed by atoms with E-state index in [1.165, 1.54) is 42.5 Å². The lowest BCUT2D eigenvalue weighted by atomic mass is 10.2. The maximum atomic E-state index is 13.6. The summed E-state index contributed by atoms with van der Waals surface area (Å²) in [5.41, 5.74) is 0.0821. The summed E-state index contributed by atoms with van der Waals surface area (Å²) in [5.74, 6) is -1.03. The molecule has 0 heterocycles. The van der Waals surface area contributed by atoms with Gasteiger partial charge in [-0.15, -0.1) is 0 Å². The lowest BCUT2D eigenvalue weighted by Gasteiger charge is -2.13. The van der Waals surface area contributed by atoms with Crippen molar-refractivity contribution in [3.63, 3.8) is 0 Å². The van der Waals surface area contributed by atoms with Crippen LogP contribution >= 0.6 is 0 Å². The molecule has 128 valence electrons. The average molecular weight is 350 g/mol. The lowest BCUT2D eigenvalue weighted by molar-refractivity contribution is 0.0939. The standard InChI is InChI=1S/C17H19FN2O3S/c1-3-12(2)19-17(21)13-7-6-8-14(11-13)24(22,23)20-16-10-5-4-9-15(16)18/h4-12,20H,3H2,1-2H3,(H,19,21)/t12-/m1/s1. The fourth-order valence-corrected chi connectivity index (χ4v) is 3.07. The third-order valence-corrected chi connectivity index (χ3v) is 4.88. The lowest BCUT2D eigenvalue weighted by Crippen LogP contribution is -2.32. The molecule has 5 nitrogen and oxygen atoms in total. The van der Waals surface area contributed by atoms with Gasteiger partial charge in [-0.1, -0.05) is 25.1 Å². The van der Waals surface area contributed by atoms with Crippen molar-refractivity contribution in [2.24, 2.45) is 0 Å². The van der Waals surface area contributed by atoms with E-state index >= 15 is 0 Å². The first-order chi connectivity index (χ1) is 11.3. The van der Waals surface area contributed by atoms with Crippen molar-refractivity contribution in [1.29, 1.82) is 0 Å². The molecule has 2 N–H and O–H groups in total. The van der Waals surface area contributed by atoms with Crippen molar-refractivity contribution in [1.82, 2.24) is 5.32 Å². The third-order valence-electron chi connectivity index (χ3n) is 3.51. The van der Waals surface area contributed by atoms with Crippen LogP contribution in [0.4, 0.5) is 10.1 Å². The molecule has 0 spiro atoms. The van der Waals surface area contributed by atoms with Crippen LogP contribution < -0.4 is 10.0 Å². The molecule has 2 aromatic carbocycles. The number of anilines is 1. The van der Waals surface area contributed by atoms with Gasteiger partial charge in [0.25, 0.3) is 15.9 Å². The predicted octanol–water partition coefficient (Wildman–Crippen LogP) is 3.15. The fraction of sp³-hybridized carbons (Fsp3) is 0.235. The molecule has 0 aliphatic rings. The van der Waals surface area contributed by atoms with Crippen molar-refractivity contribution < 1.29 is 17.6 Å². The molecule has 0 aliphatic heterocycles. The van der Waals surface area contributed by atoms with E-state index in [9.17, 15) is 17.6 Å². The molecule has 0 aromatic heterocycles. The van der Waals surface area contributed by atoms with Crippen LogP contribution in [0.15, 0.2) is 53.4 Å². The third kappa shape index (κ3) is 4.32. The van der Waals surface area contributed by atoms with Gasteiger partial charge >= 0.3 is 0 Å². The second kappa shape index (κ2) is 7.44. The molecule has 0 radical (unpaired) electrons. The Kier molecular flexibility index (Phi) is 5.56. The van der Waals surface area contributed by atoms with Crippen LogP contribution in [0.5, 0.6) is 0 Å². The van der Waals surface area contributed by atoms with Crippen molar-refractivity contribution in [3.8, 4) is 0 Å². The highest BCUT2D eigenvalue weighted by Gasteiger charge is 2.18. The number of hydrogen-bond donors (Lipinski definition) is 2. The Morgan fingerprint density at radius 2 is 1.88 bits per heavy atom. The van der Waals surface area contributed by atoms with Crippen LogP contribution in [0.3, 0.4) is 0 Å². The number of sulfonamides is 1. The molecule has 0 aliphatic carbocycles. The van der Waals surface area contributed by atoms with Gasteiger partial charge in [0, 0.05) is 11.6 Å². The first-order valence-corrected chi connectivity index (χ1v) is 9.00. The van der Waals surface area contributed by atoms with E-state index in [2.05, 4.69) is 10.0 Å². The SMILES string of the molecule is CC[C@@H](C)NC(=O)c1cccc(S(=O)(=O)Nc2ccccc2F)c1. The van der Waals surface area contributed by atoms with Crippen LogP contribution in [0.1, 0.15) is 30.6 Å². The van der Waals surface area contributed by atoms with E-state index in [-0.39, 0.29) is 28.1 Å². The monoisotopic (exact) mass is 350 g/mol. The Bertz CT molecular complexity index is 837. The summed E-state index contributed by atoms with van der Waals surface area (Å²) in [4.78, 5) is 12.0. The molecule has 7 heteroatoms. The molecule has 0 bridgehead atoms. The Morgan fingerprint density at radius 3 is 2.54 bits per heavy atom. The minimum Gasteiger partial charge on any atom is -0.350 e. The maximum absolute atomic E-state index is 13.6. The normalized spacial score (nSPS) is 12.5. The van der Waals surface area contributed by atoms with E-state index in [0.717, 1.165) is 12.5 Å². The number of nitrogens with one attached hydrogen (secondary N) is 2. The minimum atomic E-state index is -4.00. The molecule has 1 amide bonds. The molecule has 0 unspecified atom stereocenters. The number of para-hydroxylation sites is 1. The van der Waals surface area contributed by atoms with E-state index in [1.807, 2.05) is 13.8 Å². The van der Waals surface area contributed by atoms with Gasteiger partial charge < -0.3 is 5.32 Å². The number of hydrogen-bond acceptors (Lipinski definition) is 3. The highest BCUT2D eigenvalue weighted by Crippen LogP contribution is 2.19. The Labute approximate surface area is 141 Å². The van der Waals surface area contributed by atoms with Crippen LogP contribution in [-0.2, 0) is 10.0 Å². The molecule has 0 saturated heterocycles. The van der Waals surface area contributed by atoms with Crippen molar-refractivity contribution in [2.75, 3.05) is 4.72 Å². The predicted molar refractivity (Wildman–Crippen MR) is 90.9 cm³/mol. The van der Waals surface area contributed by atoms with Gasteiger partial charge in [-0.2, -0.15) is 0 Å². The molecular weight excluding hydrogens is 331 g/mol. The number of halogens is 1. The summed E-state index contributed by atoms with van der Waals surface area (Å²) >= 11 is 0. The van der Waals surface area contributed by atoms with E-state index in [4.69, 9.17) is 0 Å². The summed E-state index contributed by atoms with van der Waals surface area (Å²) in [7, 11) is -4.00. The van der Waals surface area contributed by atoms with E-state index < -0.39 is 15.8 Å². The summed E-state index contributed by atoms with van der Waals surface area (Å²) in [5, 5.41) is 2.77. The number of amides is 1. The number of rotatable bonds is 6. The van der Waals surface area contributed by atoms with E-state index in [0.29, 0.717) is 0 Å². The van der Waals surface area contributed by atoms with Gasteiger partial charge in [0.1, 0.15) is 5.82 Å². The molecule has 0 saturated carbocycles. The maximum Gasteiger partial charge on any atom is 0.262 e. The van der Waals surface area contributed by atoms with Crippen LogP contribution in [-0.4, -0.2) is 20.4 Å². The Morgan fingerprint density at radius 1 is 1.17 bits per heavy atom. The van der Waals surface area contributed by atoms with Gasteiger partial charge in [0.2, 0.25) is 0 Å². The van der Waals surface area contributed by atoms with E-state index in [1.54, 1.807) is 0 Å². The zero-order valence-electron chi connectivity index (χ0n) is 13.4. The minimum absolute atomic E-state index is 0.0192. The highest BCUT2D eigenvalue weighted by atomic mass is 32.2. The summed E-state index contributed by atoms with van der Waals surface area (Å²) in [6.45, 7) is 3.79. The molecule has 2 aromatic rings. The van der Waals surface area contributed by atoms with Crippen molar-refractivity contribution >= 4 is 21.6 Å². The molecule has 0 fully saturated rings. The quantitative estimate of drug-likeness (QED) is 0.840. The fourth-order valence-electron chi connectivity index (χ4n) is 1.96. The summed E-state index contributed by atoms with van der Waals surface area (Å²) in [6.07, 6.45) is 0.762. The summed E-state index contributed by atoms with van der Waals surface area (Å²) in [6, 6.07) is 11.1.